The van der Waals surface area contributed by atoms with Crippen LogP contribution in [0.2, 0.25) is 0 Å². The quantitative estimate of drug-likeness (QED) is 0.259. The molecule has 6 aromatic rings. The zero-order chi connectivity index (χ0) is 26.8. The molecule has 1 aromatic heterocycles. The zero-order valence-electron chi connectivity index (χ0n) is 21.2. The Bertz CT molecular complexity index is 2000. The van der Waals surface area contributed by atoms with Gasteiger partial charge in [-0.2, -0.15) is 0 Å². The van der Waals surface area contributed by atoms with E-state index in [2.05, 4.69) is 0 Å². The molecule has 0 spiro atoms. The van der Waals surface area contributed by atoms with Crippen LogP contribution in [0.3, 0.4) is 0 Å². The van der Waals surface area contributed by atoms with Gasteiger partial charge in [-0.3, -0.25) is 4.79 Å². The normalized spacial score (nSPS) is 16.2. The van der Waals surface area contributed by atoms with Gasteiger partial charge in [0.15, 0.2) is 30.4 Å². The Hall–Kier alpha value is -4.99. The van der Waals surface area contributed by atoms with Crippen molar-refractivity contribution in [3.05, 3.63) is 132 Å². The molecule has 1 unspecified atom stereocenters. The van der Waals surface area contributed by atoms with Crippen molar-refractivity contribution < 1.29 is 9.36 Å². The number of nitrogens with zero attached hydrogens (tertiary/aromatic N) is 3. The number of ketones is 1. The molecule has 3 heterocycles. The fourth-order valence-corrected chi connectivity index (χ4v) is 9.26. The van der Waals surface area contributed by atoms with Crippen LogP contribution in [0.1, 0.15) is 15.9 Å². The summed E-state index contributed by atoms with van der Waals surface area (Å²) < 4.78 is 15.0. The van der Waals surface area contributed by atoms with E-state index in [1.807, 2.05) is 115 Å². The Morgan fingerprint density at radius 3 is 1.50 bits per heavy atom. The summed E-state index contributed by atoms with van der Waals surface area (Å²) in [4.78, 5) is 28.5. The Morgan fingerprint density at radius 2 is 0.900 bits per heavy atom. The first-order valence-corrected chi connectivity index (χ1v) is 14.7. The highest BCUT2D eigenvalue weighted by atomic mass is 31.2. The number of carbonyl (C=O) groups is 1. The summed E-state index contributed by atoms with van der Waals surface area (Å²) in [6.45, 7) is 0. The third-order valence-electron chi connectivity index (χ3n) is 7.65. The van der Waals surface area contributed by atoms with E-state index in [9.17, 15) is 9.36 Å². The Kier molecular flexibility index (Phi) is 4.88. The Labute approximate surface area is 230 Å². The third kappa shape index (κ3) is 3.19. The minimum absolute atomic E-state index is 0.131. The van der Waals surface area contributed by atoms with E-state index in [0.29, 0.717) is 44.8 Å². The fraction of sp³-hybridized carbons (Fsp3) is 0. The topological polar surface area (TPSA) is 72.8 Å². The van der Waals surface area contributed by atoms with Crippen LogP contribution in [0.5, 0.6) is 0 Å². The van der Waals surface area contributed by atoms with E-state index in [0.717, 1.165) is 27.6 Å². The van der Waals surface area contributed by atoms with Gasteiger partial charge in [0.1, 0.15) is 0 Å². The predicted octanol–water partition coefficient (Wildman–Crippen LogP) is 6.04. The van der Waals surface area contributed by atoms with E-state index < -0.39 is 7.14 Å². The highest BCUT2D eigenvalue weighted by molar-refractivity contribution is 7.87. The summed E-state index contributed by atoms with van der Waals surface area (Å²) >= 11 is 0. The first-order valence-electron chi connectivity index (χ1n) is 13.0. The lowest BCUT2D eigenvalue weighted by molar-refractivity contribution is 0.104. The fourth-order valence-electron chi connectivity index (χ4n) is 5.85. The van der Waals surface area contributed by atoms with Gasteiger partial charge in [-0.05, 0) is 23.3 Å². The SMILES string of the molecule is O=C1c2ccccc2P2(=O)c3ccccc3-c3cc(-c4nc(-c5ccccc5)nc(-c5ccccc5)n4)cc1c32. The molecule has 6 heteroatoms. The first kappa shape index (κ1) is 22.9. The number of aromatic nitrogens is 3. The second kappa shape index (κ2) is 8.51. The molecule has 8 rings (SSSR count). The van der Waals surface area contributed by atoms with Gasteiger partial charge in [0.2, 0.25) is 0 Å². The molecule has 188 valence electrons. The lowest BCUT2D eigenvalue weighted by Crippen LogP contribution is -2.34. The molecule has 0 N–H and O–H groups in total. The molecule has 5 aromatic carbocycles. The molecule has 0 bridgehead atoms. The number of hydrogen-bond donors (Lipinski definition) is 0. The van der Waals surface area contributed by atoms with Gasteiger partial charge in [-0.1, -0.05) is 109 Å². The minimum atomic E-state index is -3.21. The van der Waals surface area contributed by atoms with Gasteiger partial charge in [0.05, 0.1) is 0 Å². The zero-order valence-corrected chi connectivity index (χ0v) is 22.0. The highest BCUT2D eigenvalue weighted by Gasteiger charge is 2.48. The van der Waals surface area contributed by atoms with Crippen molar-refractivity contribution in [2.24, 2.45) is 0 Å². The molecule has 1 atom stereocenters. The van der Waals surface area contributed by atoms with Crippen LogP contribution in [-0.2, 0) is 4.57 Å². The van der Waals surface area contributed by atoms with Crippen LogP contribution in [0.4, 0.5) is 0 Å². The van der Waals surface area contributed by atoms with Crippen LogP contribution in [-0.4, -0.2) is 20.7 Å². The Morgan fingerprint density at radius 1 is 0.450 bits per heavy atom. The summed E-state index contributed by atoms with van der Waals surface area (Å²) in [7, 11) is -3.21. The van der Waals surface area contributed by atoms with Gasteiger partial charge in [0, 0.05) is 43.7 Å². The van der Waals surface area contributed by atoms with Crippen LogP contribution in [0, 0.1) is 0 Å². The molecule has 0 saturated carbocycles. The van der Waals surface area contributed by atoms with E-state index in [1.54, 1.807) is 6.07 Å². The molecule has 40 heavy (non-hydrogen) atoms. The van der Waals surface area contributed by atoms with Crippen LogP contribution in [0.25, 0.3) is 45.3 Å². The molecule has 2 aliphatic rings. The minimum Gasteiger partial charge on any atom is -0.309 e. The second-order valence-electron chi connectivity index (χ2n) is 9.93. The van der Waals surface area contributed by atoms with Crippen molar-refractivity contribution in [1.29, 1.82) is 0 Å². The van der Waals surface area contributed by atoms with Crippen molar-refractivity contribution in [2.45, 2.75) is 0 Å². The lowest BCUT2D eigenvalue weighted by Gasteiger charge is -2.25. The monoisotopic (exact) mass is 533 g/mol. The molecule has 5 nitrogen and oxygen atoms in total. The average molecular weight is 534 g/mol. The Balaban J connectivity index is 1.42. The van der Waals surface area contributed by atoms with Crippen molar-refractivity contribution in [3.8, 4) is 45.3 Å². The number of hydrogen-bond acceptors (Lipinski definition) is 5. The van der Waals surface area contributed by atoms with Crippen molar-refractivity contribution in [2.75, 3.05) is 0 Å². The van der Waals surface area contributed by atoms with Gasteiger partial charge < -0.3 is 4.57 Å². The van der Waals surface area contributed by atoms with Gasteiger partial charge in [0.25, 0.3) is 0 Å². The van der Waals surface area contributed by atoms with E-state index in [1.165, 1.54) is 0 Å². The predicted molar refractivity (Wildman–Crippen MR) is 158 cm³/mol. The standard InChI is InChI=1S/C34H20N3O2P/c38-30-25-16-8-10-18-29(25)40(39)28-17-9-7-15-24(28)26-19-23(20-27(30)31(26)40)34-36-32(21-11-3-1-4-12-21)35-33(37-34)22-13-5-2-6-14-22/h1-20H. The van der Waals surface area contributed by atoms with Gasteiger partial charge in [-0.15, -0.1) is 0 Å². The van der Waals surface area contributed by atoms with E-state index >= 15 is 0 Å². The summed E-state index contributed by atoms with van der Waals surface area (Å²) in [5, 5.41) is 2.01. The number of benzene rings is 5. The highest BCUT2D eigenvalue weighted by Crippen LogP contribution is 2.56. The maximum Gasteiger partial charge on any atom is 0.194 e. The van der Waals surface area contributed by atoms with Gasteiger partial charge in [-0.25, -0.2) is 15.0 Å². The van der Waals surface area contributed by atoms with E-state index in [4.69, 9.17) is 15.0 Å². The average Bonchev–Trinajstić information content (AvgIpc) is 3.30. The van der Waals surface area contributed by atoms with Crippen molar-refractivity contribution >= 4 is 28.8 Å². The van der Waals surface area contributed by atoms with Crippen molar-refractivity contribution in [1.82, 2.24) is 15.0 Å². The second-order valence-corrected chi connectivity index (χ2v) is 12.6. The van der Waals surface area contributed by atoms with Crippen LogP contribution < -0.4 is 15.9 Å². The molecule has 0 radical (unpaired) electrons. The molecule has 0 saturated heterocycles. The van der Waals surface area contributed by atoms with Crippen LogP contribution >= 0.6 is 7.14 Å². The summed E-state index contributed by atoms with van der Waals surface area (Å²) in [6.07, 6.45) is 0. The molecule has 0 fully saturated rings. The molecular formula is C34H20N3O2P. The van der Waals surface area contributed by atoms with Crippen LogP contribution in [0.15, 0.2) is 121 Å². The summed E-state index contributed by atoms with van der Waals surface area (Å²) in [6, 6.07) is 38.4. The first-order chi connectivity index (χ1) is 19.6. The number of rotatable bonds is 3. The molecular weight excluding hydrogens is 513 g/mol. The van der Waals surface area contributed by atoms with Crippen molar-refractivity contribution in [3.63, 3.8) is 0 Å². The summed E-state index contributed by atoms with van der Waals surface area (Å²) in [5.74, 6) is 1.41. The smallest absolute Gasteiger partial charge is 0.194 e. The molecule has 0 aliphatic carbocycles. The van der Waals surface area contributed by atoms with E-state index in [-0.39, 0.29) is 5.78 Å². The lowest BCUT2D eigenvalue weighted by atomic mass is 9.95. The van der Waals surface area contributed by atoms with Gasteiger partial charge >= 0.3 is 0 Å². The maximum atomic E-state index is 15.0. The number of carbonyl (C=O) groups excluding carboxylic acids is 1. The third-order valence-corrected chi connectivity index (χ3v) is 10.9. The maximum absolute atomic E-state index is 15.0. The summed E-state index contributed by atoms with van der Waals surface area (Å²) in [5.41, 5.74) is 5.04. The molecule has 2 aliphatic heterocycles. The molecule has 0 amide bonds. The number of fused-ring (bicyclic) bond motifs is 5. The largest absolute Gasteiger partial charge is 0.309 e.